The van der Waals surface area contributed by atoms with Crippen LogP contribution >= 0.6 is 19.6 Å². The fraction of sp³-hybridized carbons (Fsp3) is 0.450. The fourth-order valence-electron chi connectivity index (χ4n) is 4.01. The minimum atomic E-state index is -4.18. The predicted molar refractivity (Wildman–Crippen MR) is 120 cm³/mol. The SMILES string of the molecule is CO[C@@H]1[C@@H]2OP(=O)(O)OC[C@H]2O[C@H]1n1c(Sc2ccc(C(C)C)cc2)nc2c(N)ncnc21. The molecule has 2 fully saturated rings. The number of nitrogens with zero attached hydrogens (tertiary/aromatic N) is 4. The van der Waals surface area contributed by atoms with Crippen LogP contribution in [0.15, 0.2) is 40.6 Å². The van der Waals surface area contributed by atoms with E-state index in [0.717, 1.165) is 4.90 Å². The highest BCUT2D eigenvalue weighted by atomic mass is 32.2. The zero-order valence-electron chi connectivity index (χ0n) is 18.2. The number of anilines is 1. The van der Waals surface area contributed by atoms with Crippen molar-refractivity contribution in [3.63, 3.8) is 0 Å². The first-order valence-electron chi connectivity index (χ1n) is 10.4. The van der Waals surface area contributed by atoms with Crippen LogP contribution in [0.4, 0.5) is 5.82 Å². The van der Waals surface area contributed by atoms with E-state index in [9.17, 15) is 9.46 Å². The van der Waals surface area contributed by atoms with Crippen molar-refractivity contribution in [1.82, 2.24) is 19.5 Å². The second-order valence-electron chi connectivity index (χ2n) is 8.12. The molecule has 0 spiro atoms. The third-order valence-corrected chi connectivity index (χ3v) is 7.66. The molecular weight excluding hydrogens is 469 g/mol. The van der Waals surface area contributed by atoms with Gasteiger partial charge in [-0.15, -0.1) is 0 Å². The number of phosphoric acid groups is 1. The molecule has 0 radical (unpaired) electrons. The Morgan fingerprint density at radius 2 is 2.06 bits per heavy atom. The smallest absolute Gasteiger partial charge is 0.382 e. The van der Waals surface area contributed by atoms with Gasteiger partial charge in [0.05, 0.1) is 6.61 Å². The summed E-state index contributed by atoms with van der Waals surface area (Å²) in [4.78, 5) is 23.9. The number of methoxy groups -OCH3 is 1. The summed E-state index contributed by atoms with van der Waals surface area (Å²) in [6, 6.07) is 8.22. The molecule has 0 saturated carbocycles. The van der Waals surface area contributed by atoms with Crippen molar-refractivity contribution in [2.75, 3.05) is 19.5 Å². The fourth-order valence-corrected chi connectivity index (χ4v) is 5.88. The Morgan fingerprint density at radius 1 is 1.30 bits per heavy atom. The van der Waals surface area contributed by atoms with E-state index in [1.54, 1.807) is 4.57 Å². The van der Waals surface area contributed by atoms with Gasteiger partial charge < -0.3 is 20.1 Å². The molecule has 176 valence electrons. The Hall–Kier alpha value is -2.05. The number of ether oxygens (including phenoxy) is 2. The normalized spacial score (nSPS) is 29.6. The van der Waals surface area contributed by atoms with E-state index < -0.39 is 32.4 Å². The predicted octanol–water partition coefficient (Wildman–Crippen LogP) is 3.11. The van der Waals surface area contributed by atoms with Gasteiger partial charge in [-0.25, -0.2) is 19.5 Å². The number of fused-ring (bicyclic) bond motifs is 2. The van der Waals surface area contributed by atoms with Gasteiger partial charge in [0.1, 0.15) is 24.6 Å². The second kappa shape index (κ2) is 8.62. The third-order valence-electron chi connectivity index (χ3n) is 5.70. The van der Waals surface area contributed by atoms with Crippen LogP contribution in [0.2, 0.25) is 0 Å². The van der Waals surface area contributed by atoms with Crippen molar-refractivity contribution in [2.24, 2.45) is 0 Å². The number of nitrogens with two attached hydrogens (primary N) is 1. The maximum atomic E-state index is 12.0. The average molecular weight is 493 g/mol. The molecule has 1 aromatic carbocycles. The molecule has 1 unspecified atom stereocenters. The van der Waals surface area contributed by atoms with E-state index in [4.69, 9.17) is 24.3 Å². The number of imidazole rings is 1. The summed E-state index contributed by atoms with van der Waals surface area (Å²) in [7, 11) is -2.69. The van der Waals surface area contributed by atoms with Gasteiger partial charge >= 0.3 is 7.82 Å². The lowest BCUT2D eigenvalue weighted by molar-refractivity contribution is -0.0690. The molecule has 2 aromatic heterocycles. The van der Waals surface area contributed by atoms with Crippen molar-refractivity contribution in [2.45, 2.75) is 54.4 Å². The summed E-state index contributed by atoms with van der Waals surface area (Å²) in [6.45, 7) is 4.18. The number of benzene rings is 1. The quantitative estimate of drug-likeness (QED) is 0.506. The molecule has 2 aliphatic heterocycles. The summed E-state index contributed by atoms with van der Waals surface area (Å²) in [5.74, 6) is 0.658. The van der Waals surface area contributed by atoms with Gasteiger partial charge in [-0.3, -0.25) is 13.6 Å². The summed E-state index contributed by atoms with van der Waals surface area (Å²) >= 11 is 1.42. The zero-order chi connectivity index (χ0) is 23.3. The van der Waals surface area contributed by atoms with E-state index in [0.29, 0.717) is 22.2 Å². The van der Waals surface area contributed by atoms with Crippen molar-refractivity contribution in [1.29, 1.82) is 0 Å². The number of phosphoric ester groups is 1. The van der Waals surface area contributed by atoms with Crippen molar-refractivity contribution in [3.8, 4) is 0 Å². The Bertz CT molecular complexity index is 1220. The van der Waals surface area contributed by atoms with E-state index in [1.807, 2.05) is 12.1 Å². The summed E-state index contributed by atoms with van der Waals surface area (Å²) in [5, 5.41) is 0.563. The molecule has 11 nitrogen and oxygen atoms in total. The third kappa shape index (κ3) is 4.17. The lowest BCUT2D eigenvalue weighted by atomic mass is 10.0. The van der Waals surface area contributed by atoms with Gasteiger partial charge in [0.25, 0.3) is 0 Å². The minimum absolute atomic E-state index is 0.0995. The van der Waals surface area contributed by atoms with Crippen LogP contribution in [-0.4, -0.2) is 56.4 Å². The molecule has 13 heteroatoms. The van der Waals surface area contributed by atoms with Crippen LogP contribution in [0.25, 0.3) is 11.2 Å². The first-order chi connectivity index (χ1) is 15.8. The molecule has 0 aliphatic carbocycles. The van der Waals surface area contributed by atoms with Crippen molar-refractivity contribution >= 4 is 36.6 Å². The van der Waals surface area contributed by atoms with Crippen molar-refractivity contribution in [3.05, 3.63) is 36.2 Å². The standard InChI is InChI=1S/C20H24N5O6PS/c1-10(2)11-4-6-12(7-5-11)33-20-24-14-17(21)22-9-23-18(14)25(20)19-16(28-3)15-13(30-19)8-29-32(26,27)31-15/h4-7,9-10,13,15-16,19H,8H2,1-3H3,(H,26,27)(H2,21,22,23)/t13-,15-,16-,19-/m1/s1. The van der Waals surface area contributed by atoms with E-state index in [2.05, 4.69) is 40.9 Å². The van der Waals surface area contributed by atoms with Crippen LogP contribution in [0.1, 0.15) is 31.6 Å². The summed E-state index contributed by atoms with van der Waals surface area (Å²) in [5.41, 5.74) is 8.20. The number of nitrogen functional groups attached to an aromatic ring is 1. The number of hydrogen-bond donors (Lipinski definition) is 2. The lowest BCUT2D eigenvalue weighted by Crippen LogP contribution is -2.40. The van der Waals surface area contributed by atoms with Crippen LogP contribution < -0.4 is 5.73 Å². The molecular formula is C20H24N5O6PS. The van der Waals surface area contributed by atoms with Gasteiger partial charge in [-0.1, -0.05) is 37.7 Å². The van der Waals surface area contributed by atoms with Gasteiger partial charge in [0.2, 0.25) is 0 Å². The molecule has 2 aliphatic rings. The topological polar surface area (TPSA) is 144 Å². The molecule has 5 atom stereocenters. The monoisotopic (exact) mass is 493 g/mol. The van der Waals surface area contributed by atoms with Gasteiger partial charge in [-0.2, -0.15) is 0 Å². The Labute approximate surface area is 194 Å². The molecule has 0 bridgehead atoms. The average Bonchev–Trinajstić information content (AvgIpc) is 3.31. The highest BCUT2D eigenvalue weighted by molar-refractivity contribution is 7.99. The lowest BCUT2D eigenvalue weighted by Gasteiger charge is -2.29. The number of rotatable bonds is 5. The van der Waals surface area contributed by atoms with Gasteiger partial charge in [-0.05, 0) is 23.6 Å². The summed E-state index contributed by atoms with van der Waals surface area (Å²) in [6.07, 6.45) is -1.51. The first-order valence-corrected chi connectivity index (χ1v) is 12.7. The first kappa shape index (κ1) is 22.7. The molecule has 3 N–H and O–H groups in total. The molecule has 0 amide bonds. The van der Waals surface area contributed by atoms with E-state index in [-0.39, 0.29) is 12.4 Å². The van der Waals surface area contributed by atoms with E-state index >= 15 is 0 Å². The maximum Gasteiger partial charge on any atom is 0.472 e. The largest absolute Gasteiger partial charge is 0.472 e. The van der Waals surface area contributed by atoms with Crippen LogP contribution in [0.5, 0.6) is 0 Å². The van der Waals surface area contributed by atoms with Crippen LogP contribution in [0, 0.1) is 0 Å². The summed E-state index contributed by atoms with van der Waals surface area (Å²) < 4.78 is 35.9. The number of hydrogen-bond acceptors (Lipinski definition) is 10. The van der Waals surface area contributed by atoms with Crippen LogP contribution in [-0.2, 0) is 23.1 Å². The van der Waals surface area contributed by atoms with Gasteiger partial charge in [0, 0.05) is 12.0 Å². The molecule has 3 aromatic rings. The molecule has 33 heavy (non-hydrogen) atoms. The molecule has 4 heterocycles. The van der Waals surface area contributed by atoms with Crippen LogP contribution in [0.3, 0.4) is 0 Å². The highest BCUT2D eigenvalue weighted by Gasteiger charge is 2.54. The maximum absolute atomic E-state index is 12.0. The Balaban J connectivity index is 1.57. The van der Waals surface area contributed by atoms with Gasteiger partial charge in [0.15, 0.2) is 28.4 Å². The number of aromatic nitrogens is 4. The highest BCUT2D eigenvalue weighted by Crippen LogP contribution is 2.53. The molecule has 2 saturated heterocycles. The minimum Gasteiger partial charge on any atom is -0.382 e. The molecule has 5 rings (SSSR count). The van der Waals surface area contributed by atoms with E-state index in [1.165, 1.54) is 30.8 Å². The second-order valence-corrected chi connectivity index (χ2v) is 10.6. The Kier molecular flexibility index (Phi) is 5.94. The van der Waals surface area contributed by atoms with Crippen molar-refractivity contribution < 1.29 is 28.0 Å². The zero-order valence-corrected chi connectivity index (χ0v) is 19.9. The Morgan fingerprint density at radius 3 is 2.76 bits per heavy atom.